The third-order valence-electron chi connectivity index (χ3n) is 3.81. The minimum atomic E-state index is -0.223. The molecule has 1 N–H and O–H groups in total. The van der Waals surface area contributed by atoms with Crippen molar-refractivity contribution in [3.05, 3.63) is 52.1 Å². The van der Waals surface area contributed by atoms with E-state index in [1.165, 1.54) is 15.8 Å². The first kappa shape index (κ1) is 15.9. The SMILES string of the molecule is Cc1nc(CN(C)C(=O)Cn2cnc3c(C)cccc3c2=O)n[nH]1. The summed E-state index contributed by atoms with van der Waals surface area (Å²) >= 11 is 0. The van der Waals surface area contributed by atoms with Gasteiger partial charge in [-0.3, -0.25) is 19.3 Å². The number of hydrogen-bond acceptors (Lipinski definition) is 5. The number of aryl methyl sites for hydroxylation is 2. The van der Waals surface area contributed by atoms with E-state index in [0.29, 0.717) is 22.6 Å². The largest absolute Gasteiger partial charge is 0.337 e. The Morgan fingerprint density at radius 2 is 2.12 bits per heavy atom. The van der Waals surface area contributed by atoms with Crippen LogP contribution in [0.3, 0.4) is 0 Å². The molecular weight excluding hydrogens is 308 g/mol. The number of para-hydroxylation sites is 1. The molecule has 1 aromatic carbocycles. The van der Waals surface area contributed by atoms with Crippen LogP contribution in [0.4, 0.5) is 0 Å². The number of H-pyrrole nitrogens is 1. The fraction of sp³-hybridized carbons (Fsp3) is 0.312. The first-order valence-corrected chi connectivity index (χ1v) is 7.52. The summed E-state index contributed by atoms with van der Waals surface area (Å²) in [6.45, 7) is 3.89. The second kappa shape index (κ2) is 6.23. The number of fused-ring (bicyclic) bond motifs is 1. The summed E-state index contributed by atoms with van der Waals surface area (Å²) in [4.78, 5) is 34.8. The van der Waals surface area contributed by atoms with Gasteiger partial charge in [-0.2, -0.15) is 5.10 Å². The number of nitrogens with one attached hydrogen (secondary N) is 1. The van der Waals surface area contributed by atoms with Crippen LogP contribution in [0.1, 0.15) is 17.2 Å². The topological polar surface area (TPSA) is 96.8 Å². The van der Waals surface area contributed by atoms with E-state index in [1.54, 1.807) is 20.0 Å². The Hall–Kier alpha value is -3.03. The number of likely N-dealkylation sites (N-methyl/N-ethyl adjacent to an activating group) is 1. The van der Waals surface area contributed by atoms with Gasteiger partial charge >= 0.3 is 0 Å². The molecule has 1 amide bonds. The molecule has 3 aromatic rings. The Bertz CT molecular complexity index is 959. The summed E-state index contributed by atoms with van der Waals surface area (Å²) in [5, 5.41) is 7.25. The fourth-order valence-electron chi connectivity index (χ4n) is 2.48. The molecule has 0 bridgehead atoms. The highest BCUT2D eigenvalue weighted by Gasteiger charge is 2.14. The molecule has 0 spiro atoms. The number of carbonyl (C=O) groups excluding carboxylic acids is 1. The van der Waals surface area contributed by atoms with E-state index in [1.807, 2.05) is 19.1 Å². The summed E-state index contributed by atoms with van der Waals surface area (Å²) in [6, 6.07) is 5.43. The van der Waals surface area contributed by atoms with Crippen molar-refractivity contribution in [2.75, 3.05) is 7.05 Å². The second-order valence-electron chi connectivity index (χ2n) is 5.74. The molecule has 0 aliphatic carbocycles. The van der Waals surface area contributed by atoms with E-state index in [-0.39, 0.29) is 24.6 Å². The van der Waals surface area contributed by atoms with Crippen molar-refractivity contribution in [1.82, 2.24) is 29.6 Å². The van der Waals surface area contributed by atoms with Crippen LogP contribution in [0.25, 0.3) is 10.9 Å². The first-order valence-electron chi connectivity index (χ1n) is 7.52. The molecule has 3 rings (SSSR count). The zero-order chi connectivity index (χ0) is 17.3. The van der Waals surface area contributed by atoms with Crippen molar-refractivity contribution in [2.24, 2.45) is 0 Å². The molecule has 0 aliphatic heterocycles. The lowest BCUT2D eigenvalue weighted by molar-refractivity contribution is -0.131. The maximum Gasteiger partial charge on any atom is 0.261 e. The number of benzene rings is 1. The Morgan fingerprint density at radius 3 is 2.83 bits per heavy atom. The van der Waals surface area contributed by atoms with Crippen LogP contribution >= 0.6 is 0 Å². The maximum absolute atomic E-state index is 12.5. The minimum Gasteiger partial charge on any atom is -0.337 e. The maximum atomic E-state index is 12.5. The average Bonchev–Trinajstić information content (AvgIpc) is 2.95. The molecule has 8 nitrogen and oxygen atoms in total. The lowest BCUT2D eigenvalue weighted by atomic mass is 10.1. The van der Waals surface area contributed by atoms with Gasteiger partial charge in [0.15, 0.2) is 5.82 Å². The van der Waals surface area contributed by atoms with Crippen LogP contribution in [-0.2, 0) is 17.9 Å². The monoisotopic (exact) mass is 326 g/mol. The molecule has 0 aliphatic rings. The standard InChI is InChI=1S/C16H18N6O2/c1-10-5-4-6-12-15(10)17-9-22(16(12)24)8-14(23)21(3)7-13-18-11(2)19-20-13/h4-6,9H,7-8H2,1-3H3,(H,18,19,20). The van der Waals surface area contributed by atoms with Crippen LogP contribution in [0.2, 0.25) is 0 Å². The molecule has 0 radical (unpaired) electrons. The number of carbonyl (C=O) groups is 1. The highest BCUT2D eigenvalue weighted by molar-refractivity contribution is 5.81. The van der Waals surface area contributed by atoms with Crippen LogP contribution < -0.4 is 5.56 Å². The predicted octanol–water partition coefficient (Wildman–Crippen LogP) is 0.790. The number of aromatic amines is 1. The van der Waals surface area contributed by atoms with E-state index in [9.17, 15) is 9.59 Å². The molecule has 24 heavy (non-hydrogen) atoms. The molecule has 124 valence electrons. The van der Waals surface area contributed by atoms with Crippen molar-refractivity contribution in [3.8, 4) is 0 Å². The highest BCUT2D eigenvalue weighted by Crippen LogP contribution is 2.11. The number of aromatic nitrogens is 5. The fourth-order valence-corrected chi connectivity index (χ4v) is 2.48. The Balaban J connectivity index is 1.80. The van der Waals surface area contributed by atoms with Gasteiger partial charge in [-0.05, 0) is 25.5 Å². The van der Waals surface area contributed by atoms with E-state index >= 15 is 0 Å². The Labute approximate surface area is 138 Å². The van der Waals surface area contributed by atoms with Crippen molar-refractivity contribution in [2.45, 2.75) is 26.9 Å². The van der Waals surface area contributed by atoms with E-state index in [0.717, 1.165) is 5.56 Å². The van der Waals surface area contributed by atoms with Gasteiger partial charge in [0, 0.05) is 7.05 Å². The molecule has 8 heteroatoms. The van der Waals surface area contributed by atoms with Gasteiger partial charge in [-0.25, -0.2) is 9.97 Å². The summed E-state index contributed by atoms with van der Waals surface area (Å²) in [6.07, 6.45) is 1.42. The van der Waals surface area contributed by atoms with Crippen LogP contribution in [0, 0.1) is 13.8 Å². The summed E-state index contributed by atoms with van der Waals surface area (Å²) in [7, 11) is 1.65. The molecule has 0 saturated carbocycles. The highest BCUT2D eigenvalue weighted by atomic mass is 16.2. The average molecular weight is 326 g/mol. The number of rotatable bonds is 4. The van der Waals surface area contributed by atoms with Crippen molar-refractivity contribution in [1.29, 1.82) is 0 Å². The van der Waals surface area contributed by atoms with Crippen molar-refractivity contribution in [3.63, 3.8) is 0 Å². The van der Waals surface area contributed by atoms with Crippen LogP contribution in [0.15, 0.2) is 29.3 Å². The van der Waals surface area contributed by atoms with Crippen LogP contribution in [-0.4, -0.2) is 42.6 Å². The number of nitrogens with zero attached hydrogens (tertiary/aromatic N) is 5. The molecule has 2 heterocycles. The van der Waals surface area contributed by atoms with Gasteiger partial charge in [-0.1, -0.05) is 12.1 Å². The Kier molecular flexibility index (Phi) is 4.11. The van der Waals surface area contributed by atoms with Gasteiger partial charge in [0.2, 0.25) is 5.91 Å². The number of hydrogen-bond donors (Lipinski definition) is 1. The zero-order valence-electron chi connectivity index (χ0n) is 13.8. The molecule has 0 unspecified atom stereocenters. The van der Waals surface area contributed by atoms with Gasteiger partial charge in [0.05, 0.1) is 23.8 Å². The molecule has 0 saturated heterocycles. The third kappa shape index (κ3) is 3.03. The molecule has 0 fully saturated rings. The smallest absolute Gasteiger partial charge is 0.261 e. The summed E-state index contributed by atoms with van der Waals surface area (Å²) in [5.74, 6) is 1.01. The van der Waals surface area contributed by atoms with Gasteiger partial charge in [0.25, 0.3) is 5.56 Å². The lowest BCUT2D eigenvalue weighted by Gasteiger charge is -2.16. The van der Waals surface area contributed by atoms with E-state index < -0.39 is 0 Å². The van der Waals surface area contributed by atoms with Crippen LogP contribution in [0.5, 0.6) is 0 Å². The quantitative estimate of drug-likeness (QED) is 0.764. The summed E-state index contributed by atoms with van der Waals surface area (Å²) in [5.41, 5.74) is 1.37. The molecular formula is C16H18N6O2. The molecule has 2 aromatic heterocycles. The normalized spacial score (nSPS) is 11.0. The van der Waals surface area contributed by atoms with Crippen molar-refractivity contribution < 1.29 is 4.79 Å². The van der Waals surface area contributed by atoms with E-state index in [4.69, 9.17) is 0 Å². The van der Waals surface area contributed by atoms with Crippen molar-refractivity contribution >= 4 is 16.8 Å². The van der Waals surface area contributed by atoms with Gasteiger partial charge in [-0.15, -0.1) is 0 Å². The molecule has 0 atom stereocenters. The van der Waals surface area contributed by atoms with Gasteiger partial charge < -0.3 is 4.90 Å². The Morgan fingerprint density at radius 1 is 1.33 bits per heavy atom. The lowest BCUT2D eigenvalue weighted by Crippen LogP contribution is -2.34. The number of amides is 1. The zero-order valence-corrected chi connectivity index (χ0v) is 13.8. The summed E-state index contributed by atoms with van der Waals surface area (Å²) < 4.78 is 1.32. The van der Waals surface area contributed by atoms with Gasteiger partial charge in [0.1, 0.15) is 12.4 Å². The predicted molar refractivity (Wildman–Crippen MR) is 88.3 cm³/mol. The van der Waals surface area contributed by atoms with E-state index in [2.05, 4.69) is 20.2 Å². The third-order valence-corrected chi connectivity index (χ3v) is 3.81. The second-order valence-corrected chi connectivity index (χ2v) is 5.74. The first-order chi connectivity index (χ1) is 11.5. The minimum absolute atomic E-state index is 0.0738.